The van der Waals surface area contributed by atoms with Crippen LogP contribution in [0.15, 0.2) is 58.5 Å². The first-order valence-electron chi connectivity index (χ1n) is 9.24. The zero-order chi connectivity index (χ0) is 20.9. The van der Waals surface area contributed by atoms with Crippen LogP contribution < -0.4 is 10.6 Å². The summed E-state index contributed by atoms with van der Waals surface area (Å²) in [4.78, 5) is 4.81. The van der Waals surface area contributed by atoms with Crippen LogP contribution in [0.3, 0.4) is 0 Å². The summed E-state index contributed by atoms with van der Waals surface area (Å²) in [5, 5.41) is 14.7. The van der Waals surface area contributed by atoms with Crippen molar-refractivity contribution in [2.24, 2.45) is 4.99 Å². The van der Waals surface area contributed by atoms with Crippen molar-refractivity contribution >= 4 is 45.6 Å². The monoisotopic (exact) mass is 543 g/mol. The molecule has 2 N–H and O–H groups in total. The van der Waals surface area contributed by atoms with Crippen molar-refractivity contribution in [1.29, 1.82) is 0 Å². The molecule has 0 saturated carbocycles. The van der Waals surface area contributed by atoms with Crippen molar-refractivity contribution in [2.75, 3.05) is 20.6 Å². The summed E-state index contributed by atoms with van der Waals surface area (Å²) in [5.41, 5.74) is 1.40. The first kappa shape index (κ1) is 24.0. The Morgan fingerprint density at radius 1 is 1.10 bits per heavy atom. The van der Waals surface area contributed by atoms with E-state index in [1.54, 1.807) is 18.2 Å². The number of aliphatic imine (C=N–C) groups is 1. The van der Waals surface area contributed by atoms with Gasteiger partial charge in [0.05, 0.1) is 18.0 Å². The smallest absolute Gasteiger partial charge is 0.242 e. The van der Waals surface area contributed by atoms with E-state index in [1.165, 1.54) is 18.4 Å². The number of hydrogen-bond donors (Lipinski definition) is 2. The predicted octanol–water partition coefficient (Wildman–Crippen LogP) is 1.85. The van der Waals surface area contributed by atoms with Crippen LogP contribution in [0.2, 0.25) is 0 Å². The van der Waals surface area contributed by atoms with Gasteiger partial charge in [-0.25, -0.2) is 17.7 Å². The number of sulfonamides is 1. The standard InChI is InChI=1S/C19H25N7O2S.HI/c1-4-20-19(22-14-18-24-23-17-11-7-8-12-26(17)18)21-13-15-9-5-6-10-16(15)29(27,28)25(2)3;/h5-12H,4,13-14H2,1-3H3,(H2,20,21,22);1H. The molecule has 0 spiro atoms. The summed E-state index contributed by atoms with van der Waals surface area (Å²) in [6.45, 7) is 3.28. The van der Waals surface area contributed by atoms with Gasteiger partial charge in [-0.3, -0.25) is 4.40 Å². The molecule has 0 aliphatic carbocycles. The summed E-state index contributed by atoms with van der Waals surface area (Å²) >= 11 is 0. The summed E-state index contributed by atoms with van der Waals surface area (Å²) in [6, 6.07) is 12.6. The molecule has 0 fully saturated rings. The number of benzene rings is 1. The Labute approximate surface area is 193 Å². The molecule has 0 aliphatic heterocycles. The first-order valence-corrected chi connectivity index (χ1v) is 10.7. The van der Waals surface area contributed by atoms with Gasteiger partial charge in [-0.15, -0.1) is 34.2 Å². The van der Waals surface area contributed by atoms with Gasteiger partial charge >= 0.3 is 0 Å². The molecular weight excluding hydrogens is 517 g/mol. The number of nitrogens with one attached hydrogen (secondary N) is 2. The lowest BCUT2D eigenvalue weighted by atomic mass is 10.2. The molecule has 0 amide bonds. The lowest BCUT2D eigenvalue weighted by molar-refractivity contribution is 0.519. The zero-order valence-corrected chi connectivity index (χ0v) is 20.3. The van der Waals surface area contributed by atoms with Crippen LogP contribution in [0.25, 0.3) is 5.65 Å². The van der Waals surface area contributed by atoms with E-state index >= 15 is 0 Å². The third-order valence-corrected chi connectivity index (χ3v) is 6.20. The van der Waals surface area contributed by atoms with Crippen LogP contribution >= 0.6 is 24.0 Å². The van der Waals surface area contributed by atoms with Crippen LogP contribution in [0.4, 0.5) is 0 Å². The molecule has 162 valence electrons. The summed E-state index contributed by atoms with van der Waals surface area (Å²) < 4.78 is 28.2. The van der Waals surface area contributed by atoms with Gasteiger partial charge in [-0.1, -0.05) is 24.3 Å². The summed E-state index contributed by atoms with van der Waals surface area (Å²) in [7, 11) is -0.503. The fourth-order valence-electron chi connectivity index (χ4n) is 2.76. The maximum Gasteiger partial charge on any atom is 0.242 e. The van der Waals surface area contributed by atoms with Crippen molar-refractivity contribution in [3.05, 3.63) is 60.0 Å². The summed E-state index contributed by atoms with van der Waals surface area (Å²) in [5.74, 6) is 1.32. The van der Waals surface area contributed by atoms with Gasteiger partial charge in [-0.05, 0) is 30.7 Å². The van der Waals surface area contributed by atoms with Crippen LogP contribution in [0.5, 0.6) is 0 Å². The van der Waals surface area contributed by atoms with Crippen LogP contribution in [-0.4, -0.2) is 53.9 Å². The molecule has 2 aromatic heterocycles. The van der Waals surface area contributed by atoms with Crippen LogP contribution in [0, 0.1) is 0 Å². The van der Waals surface area contributed by atoms with Gasteiger partial charge in [0.25, 0.3) is 0 Å². The number of pyridine rings is 1. The van der Waals surface area contributed by atoms with Gasteiger partial charge < -0.3 is 10.6 Å². The van der Waals surface area contributed by atoms with Gasteiger partial charge in [0.1, 0.15) is 0 Å². The van der Waals surface area contributed by atoms with Gasteiger partial charge in [-0.2, -0.15) is 0 Å². The third-order valence-electron chi connectivity index (χ3n) is 4.28. The topological polar surface area (TPSA) is 104 Å². The average molecular weight is 543 g/mol. The van der Waals surface area contributed by atoms with Gasteiger partial charge in [0.2, 0.25) is 10.0 Å². The summed E-state index contributed by atoms with van der Waals surface area (Å²) in [6.07, 6.45) is 1.90. The second kappa shape index (κ2) is 10.7. The third kappa shape index (κ3) is 5.46. The average Bonchev–Trinajstić information content (AvgIpc) is 3.13. The van der Waals surface area contributed by atoms with Gasteiger partial charge in [0, 0.05) is 26.8 Å². The molecule has 3 aromatic rings. The van der Waals surface area contributed by atoms with E-state index in [0.717, 1.165) is 11.5 Å². The minimum absolute atomic E-state index is 0. The van der Waals surface area contributed by atoms with E-state index in [2.05, 4.69) is 25.8 Å². The minimum atomic E-state index is -3.54. The number of halogens is 1. The molecular formula is C19H26IN7O2S. The highest BCUT2D eigenvalue weighted by molar-refractivity contribution is 14.0. The second-order valence-electron chi connectivity index (χ2n) is 6.49. The molecule has 2 heterocycles. The number of fused-ring (bicyclic) bond motifs is 1. The highest BCUT2D eigenvalue weighted by atomic mass is 127. The van der Waals surface area contributed by atoms with Crippen LogP contribution in [-0.2, 0) is 23.1 Å². The molecule has 0 radical (unpaired) electrons. The Morgan fingerprint density at radius 2 is 1.83 bits per heavy atom. The van der Waals surface area contributed by atoms with E-state index in [0.29, 0.717) is 24.6 Å². The lowest BCUT2D eigenvalue weighted by Crippen LogP contribution is -2.37. The van der Waals surface area contributed by atoms with E-state index in [1.807, 2.05) is 41.8 Å². The molecule has 0 saturated heterocycles. The van der Waals surface area contributed by atoms with Gasteiger partial charge in [0.15, 0.2) is 17.4 Å². The van der Waals surface area contributed by atoms with Crippen LogP contribution in [0.1, 0.15) is 18.3 Å². The number of aromatic nitrogens is 3. The Bertz CT molecular complexity index is 1110. The van der Waals surface area contributed by atoms with Crippen molar-refractivity contribution < 1.29 is 8.42 Å². The van der Waals surface area contributed by atoms with E-state index < -0.39 is 10.0 Å². The quantitative estimate of drug-likeness (QED) is 0.268. The molecule has 3 rings (SSSR count). The van der Waals surface area contributed by atoms with E-state index in [9.17, 15) is 8.42 Å². The Morgan fingerprint density at radius 3 is 2.57 bits per heavy atom. The zero-order valence-electron chi connectivity index (χ0n) is 17.1. The van der Waals surface area contributed by atoms with Crippen molar-refractivity contribution in [1.82, 2.24) is 29.5 Å². The number of hydrogen-bond acceptors (Lipinski definition) is 5. The maximum atomic E-state index is 12.6. The fourth-order valence-corrected chi connectivity index (χ4v) is 3.87. The number of rotatable bonds is 7. The van der Waals surface area contributed by atoms with Crippen molar-refractivity contribution in [3.63, 3.8) is 0 Å². The normalized spacial score (nSPS) is 12.1. The maximum absolute atomic E-state index is 12.6. The highest BCUT2D eigenvalue weighted by Crippen LogP contribution is 2.19. The van der Waals surface area contributed by atoms with Crippen molar-refractivity contribution in [3.8, 4) is 0 Å². The molecule has 0 unspecified atom stereocenters. The minimum Gasteiger partial charge on any atom is -0.357 e. The molecule has 11 heteroatoms. The Hall–Kier alpha value is -2.25. The molecule has 30 heavy (non-hydrogen) atoms. The molecule has 0 bridgehead atoms. The first-order chi connectivity index (χ1) is 13.9. The lowest BCUT2D eigenvalue weighted by Gasteiger charge is -2.15. The Kier molecular flexibility index (Phi) is 8.55. The predicted molar refractivity (Wildman–Crippen MR) is 127 cm³/mol. The van der Waals surface area contributed by atoms with E-state index in [-0.39, 0.29) is 35.4 Å². The van der Waals surface area contributed by atoms with Crippen molar-refractivity contribution in [2.45, 2.75) is 24.9 Å². The van der Waals surface area contributed by atoms with E-state index in [4.69, 9.17) is 0 Å². The highest BCUT2D eigenvalue weighted by Gasteiger charge is 2.20. The Balaban J connectivity index is 0.00000320. The number of guanidine groups is 1. The fraction of sp³-hybridized carbons (Fsp3) is 0.316. The molecule has 1 aromatic carbocycles. The molecule has 9 nitrogen and oxygen atoms in total. The molecule has 0 aliphatic rings. The second-order valence-corrected chi connectivity index (χ2v) is 8.61. The largest absolute Gasteiger partial charge is 0.357 e. The number of nitrogens with zero attached hydrogens (tertiary/aromatic N) is 5. The SMILES string of the molecule is CCNC(=NCc1ccccc1S(=O)(=O)N(C)C)NCc1nnc2ccccn12.I. The molecule has 0 atom stereocenters.